The number of hydrogen-bond acceptors (Lipinski definition) is 5. The SMILES string of the molecule is S=c1[nH]nc(-c2cccc3nccnc23)o1. The van der Waals surface area contributed by atoms with Crippen LogP contribution < -0.4 is 0 Å². The van der Waals surface area contributed by atoms with Crippen LogP contribution in [-0.2, 0) is 0 Å². The Balaban J connectivity index is 2.35. The van der Waals surface area contributed by atoms with Gasteiger partial charge < -0.3 is 4.42 Å². The molecule has 0 bridgehead atoms. The molecule has 16 heavy (non-hydrogen) atoms. The Morgan fingerprint density at radius 3 is 2.88 bits per heavy atom. The quantitative estimate of drug-likeness (QED) is 0.650. The van der Waals surface area contributed by atoms with Gasteiger partial charge in [0.1, 0.15) is 5.52 Å². The van der Waals surface area contributed by atoms with Crippen molar-refractivity contribution in [1.82, 2.24) is 20.2 Å². The fourth-order valence-corrected chi connectivity index (χ4v) is 1.63. The average molecular weight is 230 g/mol. The lowest BCUT2D eigenvalue weighted by atomic mass is 10.2. The van der Waals surface area contributed by atoms with Crippen molar-refractivity contribution < 1.29 is 4.42 Å². The number of nitrogens with one attached hydrogen (secondary N) is 1. The van der Waals surface area contributed by atoms with Crippen molar-refractivity contribution in [2.24, 2.45) is 0 Å². The molecule has 0 amide bonds. The highest BCUT2D eigenvalue weighted by Gasteiger charge is 2.09. The fourth-order valence-electron chi connectivity index (χ4n) is 1.51. The van der Waals surface area contributed by atoms with Gasteiger partial charge in [-0.15, -0.1) is 5.10 Å². The summed E-state index contributed by atoms with van der Waals surface area (Å²) in [5.41, 5.74) is 2.32. The number of rotatable bonds is 1. The average Bonchev–Trinajstić information content (AvgIpc) is 2.75. The highest BCUT2D eigenvalue weighted by molar-refractivity contribution is 7.71. The number of fused-ring (bicyclic) bond motifs is 1. The lowest BCUT2D eigenvalue weighted by Gasteiger charge is -1.99. The molecule has 0 atom stereocenters. The van der Waals surface area contributed by atoms with Gasteiger partial charge in [0.25, 0.3) is 4.84 Å². The Bertz CT molecular complexity index is 698. The van der Waals surface area contributed by atoms with Crippen LogP contribution in [0.5, 0.6) is 0 Å². The minimum absolute atomic E-state index is 0.246. The van der Waals surface area contributed by atoms with Crippen molar-refractivity contribution in [1.29, 1.82) is 0 Å². The van der Waals surface area contributed by atoms with Gasteiger partial charge in [-0.3, -0.25) is 9.97 Å². The third-order valence-corrected chi connectivity index (χ3v) is 2.34. The standard InChI is InChI=1S/C10H6N4OS/c16-10-14-13-9(15-10)6-2-1-3-7-8(6)12-5-4-11-7/h1-5H,(H,14,16). The van der Waals surface area contributed by atoms with Crippen molar-refractivity contribution in [2.75, 3.05) is 0 Å². The molecular formula is C10H6N4OS. The van der Waals surface area contributed by atoms with Gasteiger partial charge in [0.15, 0.2) is 0 Å². The van der Waals surface area contributed by atoms with Gasteiger partial charge in [0.2, 0.25) is 5.89 Å². The molecule has 0 radical (unpaired) electrons. The summed E-state index contributed by atoms with van der Waals surface area (Å²) in [7, 11) is 0. The monoisotopic (exact) mass is 230 g/mol. The van der Waals surface area contributed by atoms with Gasteiger partial charge in [-0.1, -0.05) is 6.07 Å². The minimum Gasteiger partial charge on any atom is -0.409 e. The van der Waals surface area contributed by atoms with Crippen LogP contribution in [0.3, 0.4) is 0 Å². The normalized spacial score (nSPS) is 10.8. The van der Waals surface area contributed by atoms with Crippen LogP contribution in [-0.4, -0.2) is 20.2 Å². The van der Waals surface area contributed by atoms with Crippen molar-refractivity contribution in [3.8, 4) is 11.5 Å². The Morgan fingerprint density at radius 2 is 2.06 bits per heavy atom. The first-order chi connectivity index (χ1) is 7.84. The lowest BCUT2D eigenvalue weighted by Crippen LogP contribution is -1.86. The Labute approximate surface area is 95.2 Å². The smallest absolute Gasteiger partial charge is 0.284 e. The number of aromatic amines is 1. The highest BCUT2D eigenvalue weighted by Crippen LogP contribution is 2.23. The molecule has 6 heteroatoms. The Kier molecular flexibility index (Phi) is 2.00. The molecule has 0 aliphatic heterocycles. The van der Waals surface area contributed by atoms with Crippen LogP contribution in [0.2, 0.25) is 0 Å². The molecule has 78 valence electrons. The van der Waals surface area contributed by atoms with Crippen LogP contribution in [0.15, 0.2) is 35.0 Å². The number of hydrogen-bond donors (Lipinski definition) is 1. The third kappa shape index (κ3) is 1.40. The lowest BCUT2D eigenvalue weighted by molar-refractivity contribution is 0.552. The summed E-state index contributed by atoms with van der Waals surface area (Å²) in [5, 5.41) is 6.55. The first-order valence-electron chi connectivity index (χ1n) is 4.60. The maximum Gasteiger partial charge on any atom is 0.284 e. The molecule has 3 aromatic rings. The van der Waals surface area contributed by atoms with E-state index in [0.29, 0.717) is 5.89 Å². The molecule has 0 aliphatic carbocycles. The molecule has 0 saturated heterocycles. The van der Waals surface area contributed by atoms with Gasteiger partial charge in [-0.05, 0) is 24.4 Å². The van der Waals surface area contributed by atoms with Crippen LogP contribution in [0, 0.1) is 4.84 Å². The summed E-state index contributed by atoms with van der Waals surface area (Å²) in [5.74, 6) is 0.427. The molecule has 5 nitrogen and oxygen atoms in total. The van der Waals surface area contributed by atoms with E-state index < -0.39 is 0 Å². The predicted octanol–water partition coefficient (Wildman–Crippen LogP) is 2.34. The van der Waals surface area contributed by atoms with E-state index in [-0.39, 0.29) is 4.84 Å². The van der Waals surface area contributed by atoms with E-state index in [1.54, 1.807) is 12.4 Å². The van der Waals surface area contributed by atoms with Crippen molar-refractivity contribution in [3.05, 3.63) is 35.4 Å². The predicted molar refractivity (Wildman–Crippen MR) is 60.2 cm³/mol. The Morgan fingerprint density at radius 1 is 1.19 bits per heavy atom. The second-order valence-corrected chi connectivity index (χ2v) is 3.52. The van der Waals surface area contributed by atoms with E-state index in [1.165, 1.54) is 0 Å². The van der Waals surface area contributed by atoms with Crippen molar-refractivity contribution in [3.63, 3.8) is 0 Å². The first-order valence-corrected chi connectivity index (χ1v) is 5.01. The van der Waals surface area contributed by atoms with Gasteiger partial charge >= 0.3 is 0 Å². The molecule has 2 aromatic heterocycles. The fraction of sp³-hybridized carbons (Fsp3) is 0. The molecule has 1 N–H and O–H groups in total. The van der Waals surface area contributed by atoms with Crippen LogP contribution in [0.1, 0.15) is 0 Å². The molecule has 0 aliphatic rings. The maximum absolute atomic E-state index is 5.26. The summed E-state index contributed by atoms with van der Waals surface area (Å²) in [4.78, 5) is 8.71. The summed E-state index contributed by atoms with van der Waals surface area (Å²) >= 11 is 4.83. The second kappa shape index (κ2) is 3.49. The Hall–Kier alpha value is -2.08. The largest absolute Gasteiger partial charge is 0.409 e. The zero-order valence-corrected chi connectivity index (χ0v) is 8.86. The number of nitrogens with zero attached hydrogens (tertiary/aromatic N) is 3. The number of benzene rings is 1. The highest BCUT2D eigenvalue weighted by atomic mass is 32.1. The molecule has 0 saturated carbocycles. The summed E-state index contributed by atoms with van der Waals surface area (Å²) < 4.78 is 5.26. The molecule has 0 unspecified atom stereocenters. The maximum atomic E-state index is 5.26. The van der Waals surface area contributed by atoms with Crippen molar-refractivity contribution >= 4 is 23.3 Å². The first kappa shape index (κ1) is 9.17. The molecule has 3 rings (SSSR count). The third-order valence-electron chi connectivity index (χ3n) is 2.17. The van der Waals surface area contributed by atoms with Crippen LogP contribution in [0.4, 0.5) is 0 Å². The number of H-pyrrole nitrogens is 1. The molecule has 1 aromatic carbocycles. The summed E-state index contributed by atoms with van der Waals surface area (Å²) in [6.45, 7) is 0. The molecule has 0 fully saturated rings. The van der Waals surface area contributed by atoms with Gasteiger partial charge in [0.05, 0.1) is 11.1 Å². The van der Waals surface area contributed by atoms with Crippen molar-refractivity contribution in [2.45, 2.75) is 0 Å². The second-order valence-electron chi connectivity index (χ2n) is 3.15. The van der Waals surface area contributed by atoms with E-state index in [9.17, 15) is 0 Å². The van der Waals surface area contributed by atoms with Gasteiger partial charge in [-0.2, -0.15) is 0 Å². The van der Waals surface area contributed by atoms with Gasteiger partial charge in [0, 0.05) is 12.4 Å². The summed E-state index contributed by atoms with van der Waals surface area (Å²) in [6, 6.07) is 5.62. The molecule has 0 spiro atoms. The molecule has 2 heterocycles. The van der Waals surface area contributed by atoms with Crippen LogP contribution >= 0.6 is 12.2 Å². The van der Waals surface area contributed by atoms with E-state index in [0.717, 1.165) is 16.6 Å². The van der Waals surface area contributed by atoms with E-state index in [1.807, 2.05) is 18.2 Å². The minimum atomic E-state index is 0.246. The van der Waals surface area contributed by atoms with E-state index in [4.69, 9.17) is 16.6 Å². The zero-order valence-electron chi connectivity index (χ0n) is 8.04. The van der Waals surface area contributed by atoms with Crippen LogP contribution in [0.25, 0.3) is 22.5 Å². The van der Waals surface area contributed by atoms with E-state index in [2.05, 4.69) is 20.2 Å². The number of aromatic nitrogens is 4. The van der Waals surface area contributed by atoms with Gasteiger partial charge in [-0.25, -0.2) is 5.10 Å². The number of para-hydroxylation sites is 1. The zero-order chi connectivity index (χ0) is 11.0. The molecular weight excluding hydrogens is 224 g/mol. The summed E-state index contributed by atoms with van der Waals surface area (Å²) in [6.07, 6.45) is 3.28. The topological polar surface area (TPSA) is 67.6 Å². The van der Waals surface area contributed by atoms with E-state index >= 15 is 0 Å².